The number of hydrogen-bond acceptors (Lipinski definition) is 5. The highest BCUT2D eigenvalue weighted by Gasteiger charge is 2.23. The Bertz CT molecular complexity index is 783. The minimum absolute atomic E-state index is 0.0389. The van der Waals surface area contributed by atoms with E-state index in [-0.39, 0.29) is 30.7 Å². The van der Waals surface area contributed by atoms with Crippen molar-refractivity contribution in [1.29, 1.82) is 0 Å². The van der Waals surface area contributed by atoms with E-state index in [0.717, 1.165) is 11.6 Å². The summed E-state index contributed by atoms with van der Waals surface area (Å²) in [6.45, 7) is -0.339. The zero-order chi connectivity index (χ0) is 19.8. The number of amides is 1. The molecule has 0 aliphatic rings. The Morgan fingerprint density at radius 2 is 1.78 bits per heavy atom. The second-order valence-corrected chi connectivity index (χ2v) is 5.88. The number of nitrogens with one attached hydrogen (secondary N) is 1. The van der Waals surface area contributed by atoms with Gasteiger partial charge in [-0.1, -0.05) is 36.4 Å². The van der Waals surface area contributed by atoms with Crippen LogP contribution in [-0.2, 0) is 22.6 Å². The summed E-state index contributed by atoms with van der Waals surface area (Å²) in [4.78, 5) is 22.4. The van der Waals surface area contributed by atoms with Gasteiger partial charge in [0.25, 0.3) is 0 Å². The largest absolute Gasteiger partial charge is 0.481 e. The van der Waals surface area contributed by atoms with Crippen molar-refractivity contribution < 1.29 is 34.0 Å². The molecular weight excluding hydrogens is 357 g/mol. The molecule has 2 unspecified atom stereocenters. The molecule has 27 heavy (non-hydrogen) atoms. The fraction of sp³-hybridized carbons (Fsp3) is 0.263. The van der Waals surface area contributed by atoms with Gasteiger partial charge in [0.2, 0.25) is 0 Å². The molecule has 144 valence electrons. The molecular formula is C19H20FNO6. The summed E-state index contributed by atoms with van der Waals surface area (Å²) in [6, 6.07) is 12.4. The lowest BCUT2D eigenvalue weighted by molar-refractivity contribution is -0.136. The summed E-state index contributed by atoms with van der Waals surface area (Å²) in [5.74, 6) is -1.90. The number of carbonyl (C=O) groups is 2. The Balaban J connectivity index is 1.88. The van der Waals surface area contributed by atoms with Crippen molar-refractivity contribution in [1.82, 2.24) is 5.32 Å². The number of carboxylic acids is 1. The fourth-order valence-electron chi connectivity index (χ4n) is 2.39. The predicted molar refractivity (Wildman–Crippen MR) is 93.3 cm³/mol. The van der Waals surface area contributed by atoms with Crippen LogP contribution in [0.25, 0.3) is 0 Å². The van der Waals surface area contributed by atoms with Crippen molar-refractivity contribution in [2.75, 3.05) is 6.54 Å². The van der Waals surface area contributed by atoms with Gasteiger partial charge in [-0.2, -0.15) is 0 Å². The molecule has 4 N–H and O–H groups in total. The van der Waals surface area contributed by atoms with Crippen LogP contribution in [0.4, 0.5) is 9.18 Å². The zero-order valence-corrected chi connectivity index (χ0v) is 14.3. The van der Waals surface area contributed by atoms with Gasteiger partial charge in [0.05, 0.1) is 6.42 Å². The molecule has 0 radical (unpaired) electrons. The van der Waals surface area contributed by atoms with Gasteiger partial charge in [0, 0.05) is 12.1 Å². The van der Waals surface area contributed by atoms with Crippen LogP contribution in [-0.4, -0.2) is 40.0 Å². The van der Waals surface area contributed by atoms with E-state index >= 15 is 0 Å². The lowest BCUT2D eigenvalue weighted by atomic mass is 10.00. The second kappa shape index (κ2) is 9.65. The Labute approximate surface area is 155 Å². The first-order valence-electron chi connectivity index (χ1n) is 8.17. The van der Waals surface area contributed by atoms with Crippen molar-refractivity contribution >= 4 is 12.1 Å². The predicted octanol–water partition coefficient (Wildman–Crippen LogP) is 1.77. The molecule has 0 bridgehead atoms. The Kier molecular flexibility index (Phi) is 7.27. The maximum Gasteiger partial charge on any atom is 0.407 e. The van der Waals surface area contributed by atoms with Crippen molar-refractivity contribution in [2.45, 2.75) is 25.2 Å². The van der Waals surface area contributed by atoms with Crippen molar-refractivity contribution in [3.05, 3.63) is 71.0 Å². The molecule has 1 amide bonds. The number of alkyl carbamates (subject to hydrolysis) is 1. The van der Waals surface area contributed by atoms with Crippen LogP contribution in [0, 0.1) is 5.82 Å². The molecule has 0 fully saturated rings. The van der Waals surface area contributed by atoms with E-state index in [0.29, 0.717) is 0 Å². The number of benzene rings is 2. The number of aliphatic carboxylic acids is 1. The van der Waals surface area contributed by atoms with E-state index in [9.17, 15) is 24.2 Å². The first-order valence-corrected chi connectivity index (χ1v) is 8.17. The topological polar surface area (TPSA) is 116 Å². The number of rotatable bonds is 8. The molecule has 0 saturated heterocycles. The van der Waals surface area contributed by atoms with Gasteiger partial charge in [-0.25, -0.2) is 9.18 Å². The Morgan fingerprint density at radius 3 is 2.44 bits per heavy atom. The first kappa shape index (κ1) is 20.3. The van der Waals surface area contributed by atoms with Crippen LogP contribution < -0.4 is 5.32 Å². The molecule has 0 heterocycles. The number of carboxylic acid groups (broad SMARTS) is 1. The lowest BCUT2D eigenvalue weighted by Gasteiger charge is -2.19. The third kappa shape index (κ3) is 6.36. The van der Waals surface area contributed by atoms with Gasteiger partial charge < -0.3 is 25.4 Å². The third-order valence-corrected chi connectivity index (χ3v) is 3.77. The van der Waals surface area contributed by atoms with Gasteiger partial charge in [0.1, 0.15) is 24.6 Å². The minimum Gasteiger partial charge on any atom is -0.481 e. The average molecular weight is 377 g/mol. The van der Waals surface area contributed by atoms with Gasteiger partial charge in [-0.15, -0.1) is 0 Å². The Morgan fingerprint density at radius 1 is 1.07 bits per heavy atom. The molecule has 0 aromatic heterocycles. The maximum absolute atomic E-state index is 13.9. The molecule has 2 atom stereocenters. The standard InChI is InChI=1S/C19H20FNO6/c20-15-7-6-13(9-17(23)24)8-14(15)18(25)16(22)10-21-19(26)27-11-12-4-2-1-3-5-12/h1-8,16,18,22,25H,9-11H2,(H,21,26)(H,23,24). The number of ether oxygens (including phenoxy) is 1. The maximum atomic E-state index is 13.9. The molecule has 8 heteroatoms. The third-order valence-electron chi connectivity index (χ3n) is 3.77. The van der Waals surface area contributed by atoms with E-state index < -0.39 is 30.1 Å². The summed E-state index contributed by atoms with van der Waals surface area (Å²) >= 11 is 0. The molecule has 0 spiro atoms. The summed E-state index contributed by atoms with van der Waals surface area (Å²) < 4.78 is 18.9. The number of aliphatic hydroxyl groups is 2. The lowest BCUT2D eigenvalue weighted by Crippen LogP contribution is -2.36. The number of halogens is 1. The van der Waals surface area contributed by atoms with Crippen LogP contribution in [0.3, 0.4) is 0 Å². The van der Waals surface area contributed by atoms with E-state index in [1.807, 2.05) is 6.07 Å². The number of aliphatic hydroxyl groups excluding tert-OH is 2. The van der Waals surface area contributed by atoms with E-state index in [1.165, 1.54) is 12.1 Å². The normalized spacial score (nSPS) is 12.9. The highest BCUT2D eigenvalue weighted by atomic mass is 19.1. The van der Waals surface area contributed by atoms with Crippen molar-refractivity contribution in [3.8, 4) is 0 Å². The average Bonchev–Trinajstić information content (AvgIpc) is 2.65. The van der Waals surface area contributed by atoms with Crippen molar-refractivity contribution in [2.24, 2.45) is 0 Å². The number of hydrogen-bond donors (Lipinski definition) is 4. The summed E-state index contributed by atoms with van der Waals surface area (Å²) in [7, 11) is 0. The van der Waals surface area contributed by atoms with Crippen LogP contribution in [0.2, 0.25) is 0 Å². The first-order chi connectivity index (χ1) is 12.9. The monoisotopic (exact) mass is 377 g/mol. The zero-order valence-electron chi connectivity index (χ0n) is 14.3. The second-order valence-electron chi connectivity index (χ2n) is 5.88. The molecule has 2 rings (SSSR count). The summed E-state index contributed by atoms with van der Waals surface area (Å²) in [6.07, 6.45) is -4.30. The van der Waals surface area contributed by atoms with Crippen LogP contribution in [0.1, 0.15) is 22.8 Å². The highest BCUT2D eigenvalue weighted by Crippen LogP contribution is 2.22. The SMILES string of the molecule is O=C(O)Cc1ccc(F)c(C(O)C(O)CNC(=O)OCc2ccccc2)c1. The van der Waals surface area contributed by atoms with E-state index in [4.69, 9.17) is 9.84 Å². The fourth-order valence-corrected chi connectivity index (χ4v) is 2.39. The smallest absolute Gasteiger partial charge is 0.407 e. The van der Waals surface area contributed by atoms with Gasteiger partial charge >= 0.3 is 12.1 Å². The van der Waals surface area contributed by atoms with Crippen LogP contribution >= 0.6 is 0 Å². The van der Waals surface area contributed by atoms with E-state index in [1.54, 1.807) is 24.3 Å². The molecule has 0 saturated carbocycles. The number of carbonyl (C=O) groups excluding carboxylic acids is 1. The van der Waals surface area contributed by atoms with Crippen LogP contribution in [0.15, 0.2) is 48.5 Å². The van der Waals surface area contributed by atoms with Crippen molar-refractivity contribution in [3.63, 3.8) is 0 Å². The van der Waals surface area contributed by atoms with Crippen LogP contribution in [0.5, 0.6) is 0 Å². The highest BCUT2D eigenvalue weighted by molar-refractivity contribution is 5.70. The van der Waals surface area contributed by atoms with Gasteiger partial charge in [0.15, 0.2) is 0 Å². The van der Waals surface area contributed by atoms with Gasteiger partial charge in [-0.05, 0) is 23.3 Å². The Hall–Kier alpha value is -2.97. The quantitative estimate of drug-likeness (QED) is 0.557. The molecule has 7 nitrogen and oxygen atoms in total. The summed E-state index contributed by atoms with van der Waals surface area (Å²) in [5, 5.41) is 31.2. The molecule has 2 aromatic rings. The van der Waals surface area contributed by atoms with Gasteiger partial charge in [-0.3, -0.25) is 4.79 Å². The van der Waals surface area contributed by atoms with E-state index in [2.05, 4.69) is 5.32 Å². The summed E-state index contributed by atoms with van der Waals surface area (Å²) in [5.41, 5.74) is 0.812. The minimum atomic E-state index is -1.65. The molecule has 2 aromatic carbocycles. The molecule has 0 aliphatic heterocycles. The molecule has 0 aliphatic carbocycles.